The number of nitrogens with zero attached hydrogens (tertiary/aromatic N) is 6. The molecular formula is C26H31N7O3. The van der Waals surface area contributed by atoms with Crippen LogP contribution in [0.2, 0.25) is 0 Å². The van der Waals surface area contributed by atoms with Crippen molar-refractivity contribution in [1.29, 1.82) is 0 Å². The van der Waals surface area contributed by atoms with Crippen LogP contribution in [0.5, 0.6) is 0 Å². The molecule has 0 bridgehead atoms. The van der Waals surface area contributed by atoms with Gasteiger partial charge in [-0.25, -0.2) is 4.68 Å². The quantitative estimate of drug-likeness (QED) is 0.443. The van der Waals surface area contributed by atoms with Gasteiger partial charge in [-0.15, -0.1) is 5.10 Å². The van der Waals surface area contributed by atoms with E-state index >= 15 is 0 Å². The molecule has 1 aromatic carbocycles. The van der Waals surface area contributed by atoms with Crippen LogP contribution in [0.4, 0.5) is 0 Å². The number of hydrogen-bond donors (Lipinski definition) is 1. The van der Waals surface area contributed by atoms with E-state index in [1.165, 1.54) is 6.26 Å². The van der Waals surface area contributed by atoms with Crippen molar-refractivity contribution in [3.63, 3.8) is 0 Å². The lowest BCUT2D eigenvalue weighted by Gasteiger charge is -2.39. The third-order valence-corrected chi connectivity index (χ3v) is 7.29. The number of benzene rings is 1. The van der Waals surface area contributed by atoms with Gasteiger partial charge in [-0.3, -0.25) is 14.5 Å². The largest absolute Gasteiger partial charge is 0.459 e. The highest BCUT2D eigenvalue weighted by Crippen LogP contribution is 2.31. The van der Waals surface area contributed by atoms with Gasteiger partial charge in [0.15, 0.2) is 11.6 Å². The molecule has 3 aromatic heterocycles. The Morgan fingerprint density at radius 1 is 1.17 bits per heavy atom. The monoisotopic (exact) mass is 489 g/mol. The molecule has 0 spiro atoms. The van der Waals surface area contributed by atoms with Crippen LogP contribution in [0.3, 0.4) is 0 Å². The summed E-state index contributed by atoms with van der Waals surface area (Å²) in [5, 5.41) is 13.7. The molecule has 10 nitrogen and oxygen atoms in total. The van der Waals surface area contributed by atoms with Crippen molar-refractivity contribution in [3.8, 4) is 0 Å². The highest BCUT2D eigenvalue weighted by molar-refractivity contribution is 5.91. The van der Waals surface area contributed by atoms with Crippen LogP contribution in [-0.2, 0) is 5.54 Å². The second-order valence-corrected chi connectivity index (χ2v) is 9.92. The Balaban J connectivity index is 1.55. The summed E-state index contributed by atoms with van der Waals surface area (Å²) in [5.74, 6) is 0.812. The number of amides is 1. The van der Waals surface area contributed by atoms with Crippen LogP contribution in [0.25, 0.3) is 10.9 Å². The molecule has 1 amide bonds. The maximum atomic E-state index is 13.5. The first-order valence-corrected chi connectivity index (χ1v) is 12.3. The lowest BCUT2D eigenvalue weighted by Crippen LogP contribution is -2.51. The number of aromatic nitrogens is 5. The van der Waals surface area contributed by atoms with E-state index in [2.05, 4.69) is 46.2 Å². The molecule has 0 aliphatic carbocycles. The van der Waals surface area contributed by atoms with E-state index in [0.717, 1.165) is 22.9 Å². The zero-order valence-electron chi connectivity index (χ0n) is 21.1. The van der Waals surface area contributed by atoms with Gasteiger partial charge < -0.3 is 14.3 Å². The summed E-state index contributed by atoms with van der Waals surface area (Å²) in [7, 11) is 0. The molecule has 1 N–H and O–H groups in total. The number of aromatic amines is 1. The van der Waals surface area contributed by atoms with Crippen molar-refractivity contribution in [1.82, 2.24) is 35.0 Å². The number of tetrazole rings is 1. The molecule has 1 saturated heterocycles. The Morgan fingerprint density at radius 3 is 2.64 bits per heavy atom. The van der Waals surface area contributed by atoms with E-state index in [0.29, 0.717) is 43.3 Å². The molecule has 0 saturated carbocycles. The van der Waals surface area contributed by atoms with E-state index in [9.17, 15) is 9.59 Å². The summed E-state index contributed by atoms with van der Waals surface area (Å²) in [5.41, 5.74) is 1.91. The molecule has 36 heavy (non-hydrogen) atoms. The third kappa shape index (κ3) is 4.21. The molecule has 0 radical (unpaired) electrons. The maximum Gasteiger partial charge on any atom is 0.289 e. The fourth-order valence-corrected chi connectivity index (χ4v) is 4.79. The Kier molecular flexibility index (Phi) is 6.21. The first-order chi connectivity index (χ1) is 17.3. The molecule has 1 fully saturated rings. The number of rotatable bonds is 6. The SMILES string of the molecule is CCC(C)(C)n1nnnc1[C@H](c1cc2cccc(C)c2[nH]c1=O)N1CCN(C(=O)c2ccco2)CC1. The molecular weight excluding hydrogens is 458 g/mol. The molecule has 1 aliphatic rings. The molecule has 1 aliphatic heterocycles. The maximum absolute atomic E-state index is 13.5. The first kappa shape index (κ1) is 23.9. The summed E-state index contributed by atoms with van der Waals surface area (Å²) in [6, 6.07) is 10.8. The van der Waals surface area contributed by atoms with Crippen molar-refractivity contribution in [3.05, 3.63) is 75.7 Å². The second kappa shape index (κ2) is 9.34. The summed E-state index contributed by atoms with van der Waals surface area (Å²) >= 11 is 0. The average molecular weight is 490 g/mol. The Morgan fingerprint density at radius 2 is 1.94 bits per heavy atom. The molecule has 188 valence electrons. The first-order valence-electron chi connectivity index (χ1n) is 12.3. The molecule has 0 unspecified atom stereocenters. The normalized spacial score (nSPS) is 15.9. The Hall–Kier alpha value is -3.79. The van der Waals surface area contributed by atoms with Gasteiger partial charge in [0.05, 0.1) is 17.3 Å². The van der Waals surface area contributed by atoms with E-state index < -0.39 is 6.04 Å². The molecule has 1 atom stereocenters. The van der Waals surface area contributed by atoms with Gasteiger partial charge >= 0.3 is 0 Å². The van der Waals surface area contributed by atoms with Crippen LogP contribution < -0.4 is 5.56 Å². The minimum Gasteiger partial charge on any atom is -0.459 e. The van der Waals surface area contributed by atoms with Crippen LogP contribution in [0.15, 0.2) is 51.9 Å². The molecule has 4 aromatic rings. The zero-order valence-corrected chi connectivity index (χ0v) is 21.1. The number of carbonyl (C=O) groups excluding carboxylic acids is 1. The lowest BCUT2D eigenvalue weighted by molar-refractivity contribution is 0.0554. The highest BCUT2D eigenvalue weighted by atomic mass is 16.3. The number of aryl methyl sites for hydroxylation is 1. The second-order valence-electron chi connectivity index (χ2n) is 9.92. The predicted octanol–water partition coefficient (Wildman–Crippen LogP) is 3.11. The number of furan rings is 1. The van der Waals surface area contributed by atoms with Crippen LogP contribution >= 0.6 is 0 Å². The smallest absolute Gasteiger partial charge is 0.289 e. The fraction of sp³-hybridized carbons (Fsp3) is 0.423. The van der Waals surface area contributed by atoms with Gasteiger partial charge in [-0.05, 0) is 66.8 Å². The van der Waals surface area contributed by atoms with Crippen molar-refractivity contribution in [2.75, 3.05) is 26.2 Å². The number of nitrogens with one attached hydrogen (secondary N) is 1. The fourth-order valence-electron chi connectivity index (χ4n) is 4.79. The van der Waals surface area contributed by atoms with Crippen LogP contribution in [0.1, 0.15) is 60.7 Å². The average Bonchev–Trinajstić information content (AvgIpc) is 3.58. The van der Waals surface area contributed by atoms with Crippen LogP contribution in [-0.4, -0.2) is 67.1 Å². The van der Waals surface area contributed by atoms with Gasteiger partial charge in [0.2, 0.25) is 0 Å². The number of para-hydroxylation sites is 1. The number of H-pyrrole nitrogens is 1. The number of fused-ring (bicyclic) bond motifs is 1. The number of carbonyl (C=O) groups is 1. The minimum atomic E-state index is -0.472. The van der Waals surface area contributed by atoms with E-state index in [1.54, 1.807) is 17.0 Å². The summed E-state index contributed by atoms with van der Waals surface area (Å²) in [6.07, 6.45) is 2.32. The van der Waals surface area contributed by atoms with E-state index in [-0.39, 0.29) is 17.0 Å². The Bertz CT molecular complexity index is 1430. The number of pyridine rings is 1. The van der Waals surface area contributed by atoms with Gasteiger partial charge in [0.1, 0.15) is 6.04 Å². The predicted molar refractivity (Wildman–Crippen MR) is 135 cm³/mol. The standard InChI is InChI=1S/C26H31N7O3/c1-5-26(3,4)33-23(28-29-30-33)22(19-16-18-9-6-8-17(2)21(18)27-24(19)34)31-11-13-32(14-12-31)25(35)20-10-7-15-36-20/h6-10,15-16,22H,5,11-14H2,1-4H3,(H,27,34)/t22-/m0/s1. The zero-order chi connectivity index (χ0) is 25.4. The minimum absolute atomic E-state index is 0.132. The van der Waals surface area contributed by atoms with E-state index in [4.69, 9.17) is 4.42 Å². The summed E-state index contributed by atoms with van der Waals surface area (Å²) in [6.45, 7) is 10.3. The Labute approximate surface area is 208 Å². The lowest BCUT2D eigenvalue weighted by atomic mass is 9.98. The van der Waals surface area contributed by atoms with Crippen molar-refractivity contribution >= 4 is 16.8 Å². The van der Waals surface area contributed by atoms with Gasteiger partial charge in [0, 0.05) is 31.7 Å². The van der Waals surface area contributed by atoms with Crippen LogP contribution in [0, 0.1) is 6.92 Å². The molecule has 5 rings (SSSR count). The van der Waals surface area contributed by atoms with Crippen molar-refractivity contribution in [2.24, 2.45) is 0 Å². The van der Waals surface area contributed by atoms with Crippen molar-refractivity contribution in [2.45, 2.75) is 45.7 Å². The van der Waals surface area contributed by atoms with E-state index in [1.807, 2.05) is 35.9 Å². The van der Waals surface area contributed by atoms with Gasteiger partial charge in [-0.2, -0.15) is 0 Å². The number of piperazine rings is 1. The number of hydrogen-bond acceptors (Lipinski definition) is 7. The van der Waals surface area contributed by atoms with Crippen molar-refractivity contribution < 1.29 is 9.21 Å². The molecule has 4 heterocycles. The van der Waals surface area contributed by atoms with Gasteiger partial charge in [0.25, 0.3) is 11.5 Å². The molecule has 10 heteroatoms. The highest BCUT2D eigenvalue weighted by Gasteiger charge is 2.36. The van der Waals surface area contributed by atoms with Gasteiger partial charge in [-0.1, -0.05) is 25.1 Å². The summed E-state index contributed by atoms with van der Waals surface area (Å²) < 4.78 is 7.13. The third-order valence-electron chi connectivity index (χ3n) is 7.29. The summed E-state index contributed by atoms with van der Waals surface area (Å²) in [4.78, 5) is 33.4. The topological polar surface area (TPSA) is 113 Å².